The van der Waals surface area contributed by atoms with Gasteiger partial charge in [-0.3, -0.25) is 19.3 Å². The van der Waals surface area contributed by atoms with E-state index in [1.165, 1.54) is 0 Å². The van der Waals surface area contributed by atoms with E-state index in [0.717, 1.165) is 10.5 Å². The number of hydrogen-bond donors (Lipinski definition) is 1. The highest BCUT2D eigenvalue weighted by atomic mass is 16.2. The Balaban J connectivity index is 1.37. The second-order valence-electron chi connectivity index (χ2n) is 6.47. The fourth-order valence-corrected chi connectivity index (χ4v) is 3.18. The quantitative estimate of drug-likeness (QED) is 0.672. The van der Waals surface area contributed by atoms with E-state index in [1.807, 2.05) is 30.3 Å². The molecule has 7 heteroatoms. The van der Waals surface area contributed by atoms with Gasteiger partial charge in [0, 0.05) is 19.0 Å². The third-order valence-electron chi connectivity index (χ3n) is 4.60. The predicted octanol–water partition coefficient (Wildman–Crippen LogP) is 2.56. The van der Waals surface area contributed by atoms with Crippen molar-refractivity contribution in [3.8, 4) is 0 Å². The molecular weight excluding hydrogens is 356 g/mol. The number of nitrogens with one attached hydrogen (secondary N) is 1. The van der Waals surface area contributed by atoms with Gasteiger partial charge in [-0.1, -0.05) is 42.5 Å². The molecule has 1 N–H and O–H groups in total. The molecule has 1 aliphatic rings. The van der Waals surface area contributed by atoms with Crippen molar-refractivity contribution in [3.05, 3.63) is 83.6 Å². The Labute approximate surface area is 161 Å². The van der Waals surface area contributed by atoms with Crippen LogP contribution in [0.2, 0.25) is 0 Å². The third kappa shape index (κ3) is 3.42. The van der Waals surface area contributed by atoms with E-state index in [-0.39, 0.29) is 30.7 Å². The second-order valence-corrected chi connectivity index (χ2v) is 6.47. The van der Waals surface area contributed by atoms with E-state index < -0.39 is 0 Å². The number of aromatic nitrogens is 2. The van der Waals surface area contributed by atoms with E-state index in [0.29, 0.717) is 23.5 Å². The molecular formula is C21H18N4O3. The van der Waals surface area contributed by atoms with Crippen molar-refractivity contribution in [3.63, 3.8) is 0 Å². The summed E-state index contributed by atoms with van der Waals surface area (Å²) in [5, 5.41) is 7.03. The lowest BCUT2D eigenvalue weighted by Crippen LogP contribution is -2.33. The van der Waals surface area contributed by atoms with Crippen molar-refractivity contribution in [2.75, 3.05) is 11.9 Å². The molecule has 3 amide bonds. The second kappa shape index (κ2) is 7.48. The largest absolute Gasteiger partial charge is 0.311 e. The molecule has 1 aromatic heterocycles. The number of nitrogens with zero attached hydrogens (tertiary/aromatic N) is 3. The Morgan fingerprint density at radius 2 is 1.54 bits per heavy atom. The van der Waals surface area contributed by atoms with Crippen LogP contribution in [0, 0.1) is 0 Å². The predicted molar refractivity (Wildman–Crippen MR) is 103 cm³/mol. The first-order valence-corrected chi connectivity index (χ1v) is 8.94. The zero-order valence-corrected chi connectivity index (χ0v) is 15.0. The first-order chi connectivity index (χ1) is 13.6. The molecule has 0 atom stereocenters. The van der Waals surface area contributed by atoms with Crippen molar-refractivity contribution in [1.29, 1.82) is 0 Å². The highest BCUT2D eigenvalue weighted by Crippen LogP contribution is 2.22. The Kier molecular flexibility index (Phi) is 4.72. The van der Waals surface area contributed by atoms with Gasteiger partial charge >= 0.3 is 0 Å². The molecule has 0 bridgehead atoms. The SMILES string of the molecule is O=C(CCN1C(=O)c2ccccc2C1=O)Nc1ccnn1Cc1ccccc1. The number of benzene rings is 2. The first kappa shape index (κ1) is 17.7. The number of rotatable bonds is 6. The van der Waals surface area contributed by atoms with Gasteiger partial charge in [-0.25, -0.2) is 4.68 Å². The molecule has 7 nitrogen and oxygen atoms in total. The molecule has 3 aromatic rings. The van der Waals surface area contributed by atoms with Crippen LogP contribution in [-0.2, 0) is 11.3 Å². The van der Waals surface area contributed by atoms with Gasteiger partial charge in [-0.05, 0) is 17.7 Å². The van der Waals surface area contributed by atoms with Gasteiger partial charge in [0.15, 0.2) is 0 Å². The van der Waals surface area contributed by atoms with Crippen molar-refractivity contribution in [1.82, 2.24) is 14.7 Å². The molecule has 0 radical (unpaired) electrons. The minimum Gasteiger partial charge on any atom is -0.311 e. The fourth-order valence-electron chi connectivity index (χ4n) is 3.18. The van der Waals surface area contributed by atoms with Crippen LogP contribution >= 0.6 is 0 Å². The molecule has 2 aromatic carbocycles. The lowest BCUT2D eigenvalue weighted by Gasteiger charge is -2.14. The van der Waals surface area contributed by atoms with Crippen molar-refractivity contribution >= 4 is 23.5 Å². The molecule has 140 valence electrons. The molecule has 28 heavy (non-hydrogen) atoms. The van der Waals surface area contributed by atoms with Gasteiger partial charge in [0.25, 0.3) is 11.8 Å². The number of fused-ring (bicyclic) bond motifs is 1. The summed E-state index contributed by atoms with van der Waals surface area (Å²) in [6.07, 6.45) is 1.63. The zero-order chi connectivity index (χ0) is 19.5. The van der Waals surface area contributed by atoms with Gasteiger partial charge in [0.2, 0.25) is 5.91 Å². The summed E-state index contributed by atoms with van der Waals surface area (Å²) in [5.74, 6) is -0.437. The molecule has 2 heterocycles. The topological polar surface area (TPSA) is 84.3 Å². The lowest BCUT2D eigenvalue weighted by atomic mass is 10.1. The van der Waals surface area contributed by atoms with Crippen LogP contribution in [0.3, 0.4) is 0 Å². The summed E-state index contributed by atoms with van der Waals surface area (Å²) in [6, 6.07) is 18.2. The van der Waals surface area contributed by atoms with E-state index in [1.54, 1.807) is 41.2 Å². The highest BCUT2D eigenvalue weighted by molar-refractivity contribution is 6.21. The number of carbonyl (C=O) groups is 3. The lowest BCUT2D eigenvalue weighted by molar-refractivity contribution is -0.116. The van der Waals surface area contributed by atoms with E-state index in [9.17, 15) is 14.4 Å². The van der Waals surface area contributed by atoms with E-state index in [4.69, 9.17) is 0 Å². The van der Waals surface area contributed by atoms with Crippen molar-refractivity contribution in [2.45, 2.75) is 13.0 Å². The Hall–Kier alpha value is -3.74. The van der Waals surface area contributed by atoms with Crippen LogP contribution in [0.5, 0.6) is 0 Å². The smallest absolute Gasteiger partial charge is 0.261 e. The Bertz CT molecular complexity index is 1010. The van der Waals surface area contributed by atoms with Crippen molar-refractivity contribution < 1.29 is 14.4 Å². The Morgan fingerprint density at radius 1 is 0.893 bits per heavy atom. The van der Waals surface area contributed by atoms with E-state index in [2.05, 4.69) is 10.4 Å². The first-order valence-electron chi connectivity index (χ1n) is 8.94. The summed E-state index contributed by atoms with van der Waals surface area (Å²) < 4.78 is 1.69. The maximum Gasteiger partial charge on any atom is 0.261 e. The summed E-state index contributed by atoms with van der Waals surface area (Å²) >= 11 is 0. The number of anilines is 1. The summed E-state index contributed by atoms with van der Waals surface area (Å²) in [6.45, 7) is 0.562. The molecule has 0 saturated heterocycles. The standard InChI is InChI=1S/C21H18N4O3/c26-19(11-13-24-20(27)16-8-4-5-9-17(16)21(24)28)23-18-10-12-22-25(18)14-15-6-2-1-3-7-15/h1-10,12H,11,13-14H2,(H,23,26). The van der Waals surface area contributed by atoms with Gasteiger partial charge < -0.3 is 5.32 Å². The van der Waals surface area contributed by atoms with Gasteiger partial charge in [0.1, 0.15) is 5.82 Å². The van der Waals surface area contributed by atoms with Crippen LogP contribution in [0.1, 0.15) is 32.7 Å². The van der Waals surface area contributed by atoms with Crippen molar-refractivity contribution in [2.24, 2.45) is 0 Å². The highest BCUT2D eigenvalue weighted by Gasteiger charge is 2.34. The average molecular weight is 374 g/mol. The molecule has 4 rings (SSSR count). The number of amides is 3. The summed E-state index contributed by atoms with van der Waals surface area (Å²) in [5.41, 5.74) is 1.83. The van der Waals surface area contributed by atoms with Gasteiger partial charge in [-0.2, -0.15) is 5.10 Å². The monoisotopic (exact) mass is 374 g/mol. The minimum absolute atomic E-state index is 0.0159. The molecule has 0 aliphatic carbocycles. The maximum absolute atomic E-state index is 12.4. The molecule has 0 fully saturated rings. The Morgan fingerprint density at radius 3 is 2.21 bits per heavy atom. The molecule has 1 aliphatic heterocycles. The summed E-state index contributed by atoms with van der Waals surface area (Å²) in [4.78, 5) is 38.2. The van der Waals surface area contributed by atoms with Crippen LogP contribution in [0.25, 0.3) is 0 Å². The fraction of sp³-hybridized carbons (Fsp3) is 0.143. The summed E-state index contributed by atoms with van der Waals surface area (Å²) in [7, 11) is 0. The minimum atomic E-state index is -0.359. The third-order valence-corrected chi connectivity index (χ3v) is 4.60. The molecule has 0 spiro atoms. The normalized spacial score (nSPS) is 12.9. The van der Waals surface area contributed by atoms with E-state index >= 15 is 0 Å². The van der Waals surface area contributed by atoms with Gasteiger partial charge in [0.05, 0.1) is 23.9 Å². The van der Waals surface area contributed by atoms with Crippen LogP contribution in [0.4, 0.5) is 5.82 Å². The molecule has 0 unspecified atom stereocenters. The van der Waals surface area contributed by atoms with Crippen LogP contribution in [0.15, 0.2) is 66.9 Å². The van der Waals surface area contributed by atoms with Crippen LogP contribution < -0.4 is 5.32 Å². The number of hydrogen-bond acceptors (Lipinski definition) is 4. The van der Waals surface area contributed by atoms with Crippen LogP contribution in [-0.4, -0.2) is 38.9 Å². The number of imide groups is 1. The zero-order valence-electron chi connectivity index (χ0n) is 15.0. The average Bonchev–Trinajstić information content (AvgIpc) is 3.24. The van der Waals surface area contributed by atoms with Gasteiger partial charge in [-0.15, -0.1) is 0 Å². The number of carbonyl (C=O) groups excluding carboxylic acids is 3. The molecule has 0 saturated carbocycles. The maximum atomic E-state index is 12.4.